The molecule has 0 amide bonds. The summed E-state index contributed by atoms with van der Waals surface area (Å²) in [7, 11) is -2.03. The number of ether oxygens (including phenoxy) is 1. The Morgan fingerprint density at radius 2 is 2.11 bits per heavy atom. The quantitative estimate of drug-likeness (QED) is 0.638. The molecule has 1 heterocycles. The molecule has 4 atom stereocenters. The molecule has 0 radical (unpaired) electrons. The zero-order valence-electron chi connectivity index (χ0n) is 16.1. The van der Waals surface area contributed by atoms with Crippen LogP contribution in [0.5, 0.6) is 5.75 Å². The molecule has 1 aliphatic heterocycles. The minimum absolute atomic E-state index is 0.0541. The maximum absolute atomic E-state index is 13.2. The summed E-state index contributed by atoms with van der Waals surface area (Å²) in [6, 6.07) is 4.10. The van der Waals surface area contributed by atoms with E-state index in [4.69, 9.17) is 4.74 Å². The molecular weight excluding hydrogens is 368 g/mol. The van der Waals surface area contributed by atoms with Gasteiger partial charge in [0.05, 0.1) is 6.61 Å². The van der Waals surface area contributed by atoms with Gasteiger partial charge in [-0.3, -0.25) is 0 Å². The molecule has 0 saturated carbocycles. The average Bonchev–Trinajstić information content (AvgIpc) is 2.62. The van der Waals surface area contributed by atoms with E-state index in [9.17, 15) is 18.6 Å². The number of hydrogen-bond donors (Lipinski definition) is 3. The number of fused-ring (bicyclic) bond motifs is 1. The molecule has 1 aromatic carbocycles. The summed E-state index contributed by atoms with van der Waals surface area (Å²) in [5.74, 6) is 5.60. The fourth-order valence-corrected chi connectivity index (χ4v) is 4.76. The van der Waals surface area contributed by atoms with Gasteiger partial charge in [-0.05, 0) is 39.1 Å². The SMILES string of the molecule is CNC[C@@H]1Oc2cc(C#C[C@@H](C)O)ccc2S(=O)(=O)N([C@@H](C)CO)C[C@H]1C. The maximum atomic E-state index is 13.2. The van der Waals surface area contributed by atoms with Crippen molar-refractivity contribution in [2.45, 2.75) is 43.9 Å². The Morgan fingerprint density at radius 3 is 2.70 bits per heavy atom. The van der Waals surface area contributed by atoms with Gasteiger partial charge in [0.25, 0.3) is 0 Å². The summed E-state index contributed by atoms with van der Waals surface area (Å²) < 4.78 is 33.8. The smallest absolute Gasteiger partial charge is 0.247 e. The normalized spacial score (nSPS) is 24.4. The summed E-state index contributed by atoms with van der Waals surface area (Å²) in [6.07, 6.45) is -1.03. The van der Waals surface area contributed by atoms with Crippen LogP contribution in [0.1, 0.15) is 26.3 Å². The van der Waals surface area contributed by atoms with Gasteiger partial charge in [0.15, 0.2) is 0 Å². The Morgan fingerprint density at radius 1 is 1.41 bits per heavy atom. The Hall–Kier alpha value is -1.63. The van der Waals surface area contributed by atoms with Crippen molar-refractivity contribution in [3.05, 3.63) is 23.8 Å². The second kappa shape index (κ2) is 9.04. The lowest BCUT2D eigenvalue weighted by Gasteiger charge is -2.36. The Balaban J connectivity index is 2.60. The van der Waals surface area contributed by atoms with Crippen LogP contribution in [0.2, 0.25) is 0 Å². The largest absolute Gasteiger partial charge is 0.487 e. The highest BCUT2D eigenvalue weighted by molar-refractivity contribution is 7.89. The minimum atomic E-state index is -3.84. The van der Waals surface area contributed by atoms with Crippen LogP contribution < -0.4 is 10.1 Å². The van der Waals surface area contributed by atoms with Gasteiger partial charge in [-0.25, -0.2) is 8.42 Å². The predicted molar refractivity (Wildman–Crippen MR) is 103 cm³/mol. The molecule has 27 heavy (non-hydrogen) atoms. The van der Waals surface area contributed by atoms with Crippen molar-refractivity contribution < 1.29 is 23.4 Å². The number of benzene rings is 1. The van der Waals surface area contributed by atoms with E-state index in [1.54, 1.807) is 26.0 Å². The van der Waals surface area contributed by atoms with Crippen LogP contribution in [-0.4, -0.2) is 67.9 Å². The van der Waals surface area contributed by atoms with Crippen LogP contribution in [0.4, 0.5) is 0 Å². The number of rotatable bonds is 4. The monoisotopic (exact) mass is 396 g/mol. The number of aliphatic hydroxyl groups excluding tert-OH is 2. The minimum Gasteiger partial charge on any atom is -0.487 e. The number of nitrogens with zero attached hydrogens (tertiary/aromatic N) is 1. The zero-order valence-corrected chi connectivity index (χ0v) is 17.0. The van der Waals surface area contributed by atoms with Crippen molar-refractivity contribution in [2.24, 2.45) is 5.92 Å². The van der Waals surface area contributed by atoms with Crippen molar-refractivity contribution in [3.63, 3.8) is 0 Å². The zero-order chi connectivity index (χ0) is 20.2. The first-order valence-corrected chi connectivity index (χ1v) is 10.4. The van der Waals surface area contributed by atoms with E-state index < -0.39 is 22.2 Å². The molecule has 8 heteroatoms. The van der Waals surface area contributed by atoms with Crippen LogP contribution in [0, 0.1) is 17.8 Å². The van der Waals surface area contributed by atoms with Crippen LogP contribution >= 0.6 is 0 Å². The first-order chi connectivity index (χ1) is 12.7. The van der Waals surface area contributed by atoms with E-state index in [0.29, 0.717) is 12.1 Å². The van der Waals surface area contributed by atoms with E-state index in [-0.39, 0.29) is 35.8 Å². The van der Waals surface area contributed by atoms with Gasteiger partial charge in [-0.1, -0.05) is 18.8 Å². The van der Waals surface area contributed by atoms with Crippen LogP contribution in [0.15, 0.2) is 23.1 Å². The van der Waals surface area contributed by atoms with E-state index in [1.165, 1.54) is 10.4 Å². The van der Waals surface area contributed by atoms with Crippen molar-refractivity contribution in [1.29, 1.82) is 0 Å². The van der Waals surface area contributed by atoms with E-state index >= 15 is 0 Å². The third-order valence-electron chi connectivity index (χ3n) is 4.50. The molecule has 0 aliphatic carbocycles. The van der Waals surface area contributed by atoms with Gasteiger partial charge in [-0.2, -0.15) is 4.31 Å². The summed E-state index contributed by atoms with van der Waals surface area (Å²) in [4.78, 5) is 0.0541. The molecule has 1 aliphatic rings. The molecule has 0 unspecified atom stereocenters. The molecule has 150 valence electrons. The second-order valence-electron chi connectivity index (χ2n) is 6.90. The van der Waals surface area contributed by atoms with Crippen LogP contribution in [0.3, 0.4) is 0 Å². The van der Waals surface area contributed by atoms with Gasteiger partial charge in [0.1, 0.15) is 22.9 Å². The lowest BCUT2D eigenvalue weighted by Crippen LogP contribution is -2.49. The highest BCUT2D eigenvalue weighted by Crippen LogP contribution is 2.33. The number of nitrogens with one attached hydrogen (secondary N) is 1. The number of likely N-dealkylation sites (N-methyl/N-ethyl adjacent to an activating group) is 1. The van der Waals surface area contributed by atoms with Crippen LogP contribution in [-0.2, 0) is 10.0 Å². The van der Waals surface area contributed by atoms with Crippen molar-refractivity contribution in [1.82, 2.24) is 9.62 Å². The number of hydrogen-bond acceptors (Lipinski definition) is 6. The van der Waals surface area contributed by atoms with E-state index in [1.807, 2.05) is 14.0 Å². The Labute approximate surface area is 161 Å². The van der Waals surface area contributed by atoms with Crippen molar-refractivity contribution >= 4 is 10.0 Å². The number of sulfonamides is 1. The summed E-state index contributed by atoms with van der Waals surface area (Å²) in [5.41, 5.74) is 0.558. The summed E-state index contributed by atoms with van der Waals surface area (Å²) >= 11 is 0. The molecule has 3 N–H and O–H groups in total. The van der Waals surface area contributed by atoms with Gasteiger partial charge in [0.2, 0.25) is 10.0 Å². The fourth-order valence-electron chi connectivity index (χ4n) is 2.94. The van der Waals surface area contributed by atoms with E-state index in [2.05, 4.69) is 17.2 Å². The summed E-state index contributed by atoms with van der Waals surface area (Å²) in [6.45, 7) is 5.70. The Kier molecular flexibility index (Phi) is 7.25. The van der Waals surface area contributed by atoms with Gasteiger partial charge in [-0.15, -0.1) is 0 Å². The van der Waals surface area contributed by atoms with Crippen LogP contribution in [0.25, 0.3) is 0 Å². The molecule has 0 saturated heterocycles. The third-order valence-corrected chi connectivity index (χ3v) is 6.52. The molecule has 7 nitrogen and oxygen atoms in total. The molecule has 0 aromatic heterocycles. The highest BCUT2D eigenvalue weighted by atomic mass is 32.2. The number of aliphatic hydroxyl groups is 2. The molecule has 0 fully saturated rings. The molecule has 0 spiro atoms. The standard InChI is InChI=1S/C19H28N2O5S/c1-13-11-21(14(2)12-22)27(24,25)19-8-7-16(6-5-15(3)23)9-17(19)26-18(13)10-20-4/h7-9,13-15,18,20,22-23H,10-12H2,1-4H3/t13-,14+,15-,18+/m1/s1. The van der Waals surface area contributed by atoms with Crippen molar-refractivity contribution in [2.75, 3.05) is 26.7 Å². The van der Waals surface area contributed by atoms with Gasteiger partial charge >= 0.3 is 0 Å². The van der Waals surface area contributed by atoms with Crippen molar-refractivity contribution in [3.8, 4) is 17.6 Å². The van der Waals surface area contributed by atoms with E-state index in [0.717, 1.165) is 0 Å². The maximum Gasteiger partial charge on any atom is 0.247 e. The van der Waals surface area contributed by atoms with Gasteiger partial charge in [0, 0.05) is 30.6 Å². The lowest BCUT2D eigenvalue weighted by atomic mass is 10.0. The summed E-state index contributed by atoms with van der Waals surface area (Å²) in [5, 5.41) is 22.0. The second-order valence-corrected chi connectivity index (χ2v) is 8.76. The fraction of sp³-hybridized carbons (Fsp3) is 0.579. The Bertz CT molecular complexity index is 813. The lowest BCUT2D eigenvalue weighted by molar-refractivity contribution is 0.103. The first kappa shape index (κ1) is 21.7. The third kappa shape index (κ3) is 5.00. The molecule has 0 bridgehead atoms. The molecular formula is C19H28N2O5S. The highest BCUT2D eigenvalue weighted by Gasteiger charge is 2.37. The predicted octanol–water partition coefficient (Wildman–Crippen LogP) is 0.407. The molecule has 2 rings (SSSR count). The topological polar surface area (TPSA) is 99.1 Å². The molecule has 1 aromatic rings. The first-order valence-electron chi connectivity index (χ1n) is 8.98. The average molecular weight is 397 g/mol. The van der Waals surface area contributed by atoms with Gasteiger partial charge < -0.3 is 20.3 Å².